The second-order valence-electron chi connectivity index (χ2n) is 4.01. The SMILES string of the molecule is CCOC(=O)[C@@](O)(NC(=O)c1ccc(Cl)cc1Cl)C(F)(F)F. The van der Waals surface area contributed by atoms with Crippen LogP contribution in [0, 0.1) is 0 Å². The van der Waals surface area contributed by atoms with Gasteiger partial charge in [0.15, 0.2) is 0 Å². The van der Waals surface area contributed by atoms with Gasteiger partial charge in [-0.05, 0) is 25.1 Å². The summed E-state index contributed by atoms with van der Waals surface area (Å²) in [6.45, 7) is 0.821. The van der Waals surface area contributed by atoms with Crippen molar-refractivity contribution in [2.75, 3.05) is 6.61 Å². The number of amides is 1. The molecular weight excluding hydrogens is 350 g/mol. The number of carbonyl (C=O) groups excluding carboxylic acids is 2. The molecule has 0 bridgehead atoms. The van der Waals surface area contributed by atoms with E-state index in [0.29, 0.717) is 0 Å². The number of hydrogen-bond acceptors (Lipinski definition) is 4. The van der Waals surface area contributed by atoms with Crippen molar-refractivity contribution in [2.45, 2.75) is 18.8 Å². The Labute approximate surface area is 133 Å². The predicted octanol–water partition coefficient (Wildman–Crippen LogP) is 2.54. The Bertz CT molecular complexity index is 594. The van der Waals surface area contributed by atoms with Crippen LogP contribution in [0.3, 0.4) is 0 Å². The fourth-order valence-corrected chi connectivity index (χ4v) is 1.87. The lowest BCUT2D eigenvalue weighted by Gasteiger charge is -2.28. The smallest absolute Gasteiger partial charge is 0.448 e. The molecule has 0 unspecified atom stereocenters. The number of carbonyl (C=O) groups is 2. The number of aliphatic hydroxyl groups is 1. The molecule has 0 spiro atoms. The van der Waals surface area contributed by atoms with Crippen LogP contribution in [0.2, 0.25) is 10.0 Å². The molecule has 1 amide bonds. The van der Waals surface area contributed by atoms with Crippen molar-refractivity contribution in [3.63, 3.8) is 0 Å². The first kappa shape index (κ1) is 18.5. The molecular formula is C12H10Cl2F3NO4. The molecule has 122 valence electrons. The van der Waals surface area contributed by atoms with Gasteiger partial charge >= 0.3 is 17.9 Å². The predicted molar refractivity (Wildman–Crippen MR) is 71.6 cm³/mol. The second kappa shape index (κ2) is 6.72. The molecule has 1 aromatic carbocycles. The van der Waals surface area contributed by atoms with Crippen molar-refractivity contribution in [1.82, 2.24) is 5.32 Å². The molecule has 0 aliphatic carbocycles. The van der Waals surface area contributed by atoms with Crippen molar-refractivity contribution < 1.29 is 32.6 Å². The van der Waals surface area contributed by atoms with E-state index in [2.05, 4.69) is 4.74 Å². The third kappa shape index (κ3) is 3.82. The molecule has 0 aliphatic heterocycles. The molecule has 1 rings (SSSR count). The minimum atomic E-state index is -5.49. The fourth-order valence-electron chi connectivity index (χ4n) is 1.38. The average Bonchev–Trinajstić information content (AvgIpc) is 2.37. The van der Waals surface area contributed by atoms with Crippen molar-refractivity contribution in [3.05, 3.63) is 33.8 Å². The summed E-state index contributed by atoms with van der Waals surface area (Å²) in [5, 5.41) is 10.6. The highest BCUT2D eigenvalue weighted by Gasteiger charge is 2.62. The van der Waals surface area contributed by atoms with E-state index in [4.69, 9.17) is 23.2 Å². The molecule has 0 saturated carbocycles. The Hall–Kier alpha value is -1.51. The Morgan fingerprint density at radius 2 is 1.91 bits per heavy atom. The highest BCUT2D eigenvalue weighted by Crippen LogP contribution is 2.30. The average molecular weight is 360 g/mol. The van der Waals surface area contributed by atoms with Crippen molar-refractivity contribution in [3.8, 4) is 0 Å². The summed E-state index contributed by atoms with van der Waals surface area (Å²) in [4.78, 5) is 23.2. The summed E-state index contributed by atoms with van der Waals surface area (Å²) in [6, 6.07) is 3.37. The molecule has 2 N–H and O–H groups in total. The van der Waals surface area contributed by atoms with Crippen LogP contribution < -0.4 is 5.32 Å². The summed E-state index contributed by atoms with van der Waals surface area (Å²) in [6.07, 6.45) is -5.49. The minimum absolute atomic E-state index is 0.151. The number of halogens is 5. The van der Waals surface area contributed by atoms with Crippen LogP contribution in [0.15, 0.2) is 18.2 Å². The molecule has 5 nitrogen and oxygen atoms in total. The monoisotopic (exact) mass is 359 g/mol. The Kier molecular flexibility index (Phi) is 5.66. The summed E-state index contributed by atoms with van der Waals surface area (Å²) in [5.41, 5.74) is -4.60. The lowest BCUT2D eigenvalue weighted by Crippen LogP contribution is -2.64. The molecule has 0 aliphatic rings. The van der Waals surface area contributed by atoms with Gasteiger partial charge in [0.05, 0.1) is 17.2 Å². The highest BCUT2D eigenvalue weighted by atomic mass is 35.5. The van der Waals surface area contributed by atoms with Crippen LogP contribution in [0.4, 0.5) is 13.2 Å². The van der Waals surface area contributed by atoms with Crippen molar-refractivity contribution in [1.29, 1.82) is 0 Å². The minimum Gasteiger partial charge on any atom is -0.462 e. The molecule has 22 heavy (non-hydrogen) atoms. The van der Waals surface area contributed by atoms with Crippen LogP contribution in [0.25, 0.3) is 0 Å². The lowest BCUT2D eigenvalue weighted by molar-refractivity contribution is -0.269. The lowest BCUT2D eigenvalue weighted by atomic mass is 10.1. The van der Waals surface area contributed by atoms with Gasteiger partial charge in [0.2, 0.25) is 0 Å². The van der Waals surface area contributed by atoms with E-state index in [-0.39, 0.29) is 10.0 Å². The van der Waals surface area contributed by atoms with Crippen molar-refractivity contribution >= 4 is 35.1 Å². The number of hydrogen-bond donors (Lipinski definition) is 2. The van der Waals surface area contributed by atoms with Gasteiger partial charge in [-0.2, -0.15) is 13.2 Å². The molecule has 0 saturated heterocycles. The number of benzene rings is 1. The highest BCUT2D eigenvalue weighted by molar-refractivity contribution is 6.36. The number of nitrogens with one attached hydrogen (secondary N) is 1. The molecule has 0 radical (unpaired) electrons. The largest absolute Gasteiger partial charge is 0.462 e. The van der Waals surface area contributed by atoms with Crippen molar-refractivity contribution in [2.24, 2.45) is 0 Å². The first-order valence-electron chi connectivity index (χ1n) is 5.76. The molecule has 0 heterocycles. The van der Waals surface area contributed by atoms with Gasteiger partial charge in [0.25, 0.3) is 5.91 Å². The van der Waals surface area contributed by atoms with Gasteiger partial charge in [0.1, 0.15) is 0 Å². The zero-order valence-corrected chi connectivity index (χ0v) is 12.5. The maximum atomic E-state index is 12.9. The topological polar surface area (TPSA) is 75.6 Å². The van der Waals surface area contributed by atoms with Gasteiger partial charge in [0, 0.05) is 5.02 Å². The van der Waals surface area contributed by atoms with E-state index in [1.807, 2.05) is 0 Å². The summed E-state index contributed by atoms with van der Waals surface area (Å²) < 4.78 is 42.8. The first-order valence-corrected chi connectivity index (χ1v) is 6.52. The third-order valence-corrected chi connectivity index (χ3v) is 3.00. The zero-order chi connectivity index (χ0) is 17.1. The van der Waals surface area contributed by atoms with E-state index >= 15 is 0 Å². The number of rotatable bonds is 4. The number of ether oxygens (including phenoxy) is 1. The van der Waals surface area contributed by atoms with Crippen LogP contribution in [0.1, 0.15) is 17.3 Å². The van der Waals surface area contributed by atoms with Gasteiger partial charge in [-0.15, -0.1) is 0 Å². The van der Waals surface area contributed by atoms with E-state index in [9.17, 15) is 27.9 Å². The summed E-state index contributed by atoms with van der Waals surface area (Å²) in [5.74, 6) is -3.48. The van der Waals surface area contributed by atoms with Gasteiger partial charge in [-0.3, -0.25) is 4.79 Å². The van der Waals surface area contributed by atoms with Gasteiger partial charge in [-0.25, -0.2) is 4.79 Å². The Morgan fingerprint density at radius 3 is 2.36 bits per heavy atom. The van der Waals surface area contributed by atoms with E-state index in [0.717, 1.165) is 12.1 Å². The number of esters is 1. The normalized spacial score (nSPS) is 14.1. The van der Waals surface area contributed by atoms with Crippen LogP contribution in [-0.2, 0) is 9.53 Å². The van der Waals surface area contributed by atoms with E-state index in [1.165, 1.54) is 18.3 Å². The summed E-state index contributed by atoms with van der Waals surface area (Å²) >= 11 is 11.3. The Morgan fingerprint density at radius 1 is 1.32 bits per heavy atom. The standard InChI is InChI=1S/C12H10Cl2F3NO4/c1-2-22-10(20)11(21,12(15,16)17)18-9(19)7-4-3-6(13)5-8(7)14/h3-5,21H,2H2,1H3,(H,18,19)/t11-/m0/s1. The Balaban J connectivity index is 3.14. The molecule has 10 heteroatoms. The maximum absolute atomic E-state index is 12.9. The quantitative estimate of drug-likeness (QED) is 0.639. The maximum Gasteiger partial charge on any atom is 0.448 e. The molecule has 1 aromatic rings. The molecule has 1 atom stereocenters. The van der Waals surface area contributed by atoms with Gasteiger partial charge in [-0.1, -0.05) is 23.2 Å². The molecule has 0 fully saturated rings. The fraction of sp³-hybridized carbons (Fsp3) is 0.333. The van der Waals surface area contributed by atoms with E-state index < -0.39 is 35.9 Å². The first-order chi connectivity index (χ1) is 10.0. The number of alkyl halides is 3. The third-order valence-electron chi connectivity index (χ3n) is 2.45. The van der Waals surface area contributed by atoms with E-state index in [1.54, 1.807) is 0 Å². The zero-order valence-electron chi connectivity index (χ0n) is 11.0. The molecule has 0 aromatic heterocycles. The summed E-state index contributed by atoms with van der Waals surface area (Å²) in [7, 11) is 0. The van der Waals surface area contributed by atoms with Gasteiger partial charge < -0.3 is 15.2 Å². The second-order valence-corrected chi connectivity index (χ2v) is 4.85. The van der Waals surface area contributed by atoms with Crippen LogP contribution in [0.5, 0.6) is 0 Å². The van der Waals surface area contributed by atoms with Crippen LogP contribution >= 0.6 is 23.2 Å². The van der Waals surface area contributed by atoms with Crippen LogP contribution in [-0.4, -0.2) is 35.5 Å².